The Morgan fingerprint density at radius 2 is 2.31 bits per heavy atom. The molecule has 0 aliphatic carbocycles. The van der Waals surface area contributed by atoms with Gasteiger partial charge in [0.15, 0.2) is 0 Å². The highest BCUT2D eigenvalue weighted by Crippen LogP contribution is 2.34. The van der Waals surface area contributed by atoms with Gasteiger partial charge in [-0.2, -0.15) is 11.8 Å². The fourth-order valence-electron chi connectivity index (χ4n) is 1.56. The third-order valence-electron chi connectivity index (χ3n) is 2.82. The molecule has 1 rings (SSSR count). The van der Waals surface area contributed by atoms with Gasteiger partial charge >= 0.3 is 0 Å². The van der Waals surface area contributed by atoms with Gasteiger partial charge in [-0.25, -0.2) is 0 Å². The monoisotopic (exact) mass is 197 g/mol. The summed E-state index contributed by atoms with van der Waals surface area (Å²) in [6.07, 6.45) is 6.64. The smallest absolute Gasteiger partial charge is 0.0660 e. The third-order valence-corrected chi connectivity index (χ3v) is 3.88. The lowest BCUT2D eigenvalue weighted by atomic mass is 9.82. The summed E-state index contributed by atoms with van der Waals surface area (Å²) in [4.78, 5) is 0. The molecule has 1 nitrogen and oxygen atoms in total. The van der Waals surface area contributed by atoms with Crippen molar-refractivity contribution in [3.63, 3.8) is 0 Å². The Hall–Kier alpha value is -0.130. The maximum Gasteiger partial charge on any atom is 0.0660 e. The third kappa shape index (κ3) is 2.93. The van der Waals surface area contributed by atoms with Gasteiger partial charge in [-0.1, -0.05) is 19.8 Å². The Morgan fingerprint density at radius 3 is 2.85 bits per heavy atom. The molecule has 74 valence electrons. The SMILES string of the molecule is C#CC(C)NC1CSCCC1(C)C. The van der Waals surface area contributed by atoms with Crippen molar-refractivity contribution in [1.82, 2.24) is 5.32 Å². The summed E-state index contributed by atoms with van der Waals surface area (Å²) >= 11 is 2.03. The van der Waals surface area contributed by atoms with Crippen LogP contribution in [0.5, 0.6) is 0 Å². The van der Waals surface area contributed by atoms with Crippen molar-refractivity contribution in [3.05, 3.63) is 0 Å². The van der Waals surface area contributed by atoms with Crippen LogP contribution in [-0.4, -0.2) is 23.6 Å². The molecule has 0 bridgehead atoms. The summed E-state index contributed by atoms with van der Waals surface area (Å²) < 4.78 is 0. The van der Waals surface area contributed by atoms with E-state index in [4.69, 9.17) is 6.42 Å². The van der Waals surface area contributed by atoms with Crippen molar-refractivity contribution in [2.45, 2.75) is 39.3 Å². The van der Waals surface area contributed by atoms with E-state index >= 15 is 0 Å². The van der Waals surface area contributed by atoms with Crippen LogP contribution < -0.4 is 5.32 Å². The normalized spacial score (nSPS) is 29.2. The molecule has 0 saturated carbocycles. The summed E-state index contributed by atoms with van der Waals surface area (Å²) in [5.74, 6) is 5.21. The summed E-state index contributed by atoms with van der Waals surface area (Å²) in [5.41, 5.74) is 0.399. The first-order valence-corrected chi connectivity index (χ1v) is 6.01. The van der Waals surface area contributed by atoms with E-state index in [1.807, 2.05) is 11.8 Å². The first-order valence-electron chi connectivity index (χ1n) is 4.86. The van der Waals surface area contributed by atoms with Crippen LogP contribution in [0.4, 0.5) is 0 Å². The Balaban J connectivity index is 2.52. The Kier molecular flexibility index (Phi) is 3.70. The van der Waals surface area contributed by atoms with E-state index < -0.39 is 0 Å². The van der Waals surface area contributed by atoms with Gasteiger partial charge in [0.05, 0.1) is 6.04 Å². The molecule has 0 aromatic heterocycles. The lowest BCUT2D eigenvalue weighted by Crippen LogP contribution is -2.49. The number of thioether (sulfide) groups is 1. The van der Waals surface area contributed by atoms with Crippen LogP contribution in [0.25, 0.3) is 0 Å². The van der Waals surface area contributed by atoms with E-state index in [2.05, 4.69) is 32.0 Å². The van der Waals surface area contributed by atoms with Crippen LogP contribution in [0, 0.1) is 17.8 Å². The Bertz CT molecular complexity index is 205. The van der Waals surface area contributed by atoms with Gasteiger partial charge in [0.2, 0.25) is 0 Å². The van der Waals surface area contributed by atoms with Gasteiger partial charge in [0.25, 0.3) is 0 Å². The molecule has 2 atom stereocenters. The van der Waals surface area contributed by atoms with E-state index in [1.165, 1.54) is 17.9 Å². The van der Waals surface area contributed by atoms with Gasteiger partial charge in [-0.15, -0.1) is 6.42 Å². The minimum Gasteiger partial charge on any atom is -0.300 e. The molecule has 0 amide bonds. The van der Waals surface area contributed by atoms with Crippen LogP contribution in [0.15, 0.2) is 0 Å². The predicted octanol–water partition coefficient (Wildman–Crippen LogP) is 2.13. The second kappa shape index (κ2) is 4.39. The zero-order valence-corrected chi connectivity index (χ0v) is 9.58. The van der Waals surface area contributed by atoms with Gasteiger partial charge in [0.1, 0.15) is 0 Å². The number of hydrogen-bond acceptors (Lipinski definition) is 2. The Morgan fingerprint density at radius 1 is 1.62 bits per heavy atom. The minimum atomic E-state index is 0.197. The lowest BCUT2D eigenvalue weighted by Gasteiger charge is -2.39. The zero-order valence-electron chi connectivity index (χ0n) is 8.76. The molecule has 2 heteroatoms. The molecular weight excluding hydrogens is 178 g/mol. The maximum atomic E-state index is 5.36. The van der Waals surface area contributed by atoms with E-state index in [1.54, 1.807) is 0 Å². The highest BCUT2D eigenvalue weighted by Gasteiger charge is 2.32. The van der Waals surface area contributed by atoms with E-state index in [0.29, 0.717) is 11.5 Å². The first-order chi connectivity index (χ1) is 6.06. The van der Waals surface area contributed by atoms with Crippen molar-refractivity contribution >= 4 is 11.8 Å². The lowest BCUT2D eigenvalue weighted by molar-refractivity contribution is 0.241. The van der Waals surface area contributed by atoms with Crippen LogP contribution in [0.1, 0.15) is 27.2 Å². The molecule has 0 radical (unpaired) electrons. The second-order valence-electron chi connectivity index (χ2n) is 4.42. The van der Waals surface area contributed by atoms with Crippen molar-refractivity contribution < 1.29 is 0 Å². The number of hydrogen-bond donors (Lipinski definition) is 1. The predicted molar refractivity (Wildman–Crippen MR) is 60.9 cm³/mol. The van der Waals surface area contributed by atoms with Crippen LogP contribution in [0.3, 0.4) is 0 Å². The second-order valence-corrected chi connectivity index (χ2v) is 5.57. The molecule has 0 spiro atoms. The molecule has 0 aromatic carbocycles. The summed E-state index contributed by atoms with van der Waals surface area (Å²) in [5, 5.41) is 3.50. The number of nitrogens with one attached hydrogen (secondary N) is 1. The molecule has 1 fully saturated rings. The number of rotatable bonds is 2. The molecule has 1 heterocycles. The average Bonchev–Trinajstić information content (AvgIpc) is 2.08. The molecule has 1 aliphatic rings. The largest absolute Gasteiger partial charge is 0.300 e. The minimum absolute atomic E-state index is 0.197. The molecule has 2 unspecified atom stereocenters. The maximum absolute atomic E-state index is 5.36. The van der Waals surface area contributed by atoms with Gasteiger partial charge in [0, 0.05) is 11.8 Å². The fourth-order valence-corrected chi connectivity index (χ4v) is 3.18. The Labute approximate surface area is 86.1 Å². The van der Waals surface area contributed by atoms with Crippen molar-refractivity contribution in [2.75, 3.05) is 11.5 Å². The highest BCUT2D eigenvalue weighted by molar-refractivity contribution is 7.99. The van der Waals surface area contributed by atoms with Crippen molar-refractivity contribution in [3.8, 4) is 12.3 Å². The van der Waals surface area contributed by atoms with Gasteiger partial charge in [-0.05, 0) is 24.5 Å². The molecule has 1 saturated heterocycles. The van der Waals surface area contributed by atoms with Crippen molar-refractivity contribution in [1.29, 1.82) is 0 Å². The summed E-state index contributed by atoms with van der Waals surface area (Å²) in [6, 6.07) is 0.764. The van der Waals surface area contributed by atoms with E-state index in [-0.39, 0.29) is 6.04 Å². The van der Waals surface area contributed by atoms with Gasteiger partial charge < -0.3 is 0 Å². The summed E-state index contributed by atoms with van der Waals surface area (Å²) in [6.45, 7) is 6.70. The molecular formula is C11H19NS. The fraction of sp³-hybridized carbons (Fsp3) is 0.818. The molecule has 13 heavy (non-hydrogen) atoms. The molecule has 1 N–H and O–H groups in total. The van der Waals surface area contributed by atoms with Crippen molar-refractivity contribution in [2.24, 2.45) is 5.41 Å². The van der Waals surface area contributed by atoms with E-state index in [0.717, 1.165) is 0 Å². The van der Waals surface area contributed by atoms with Gasteiger partial charge in [-0.3, -0.25) is 5.32 Å². The summed E-state index contributed by atoms with van der Waals surface area (Å²) in [7, 11) is 0. The van der Waals surface area contributed by atoms with Crippen LogP contribution in [0.2, 0.25) is 0 Å². The standard InChI is InChI=1S/C11H19NS/c1-5-9(2)12-10-8-13-7-6-11(10,3)4/h1,9-10,12H,6-8H2,2-4H3. The number of terminal acetylenes is 1. The quantitative estimate of drug-likeness (QED) is 0.681. The van der Waals surface area contributed by atoms with Crippen LogP contribution >= 0.6 is 11.8 Å². The average molecular weight is 197 g/mol. The zero-order chi connectivity index (χ0) is 9.90. The first kappa shape index (κ1) is 10.9. The molecule has 1 aliphatic heterocycles. The van der Waals surface area contributed by atoms with E-state index in [9.17, 15) is 0 Å². The molecule has 0 aromatic rings. The van der Waals surface area contributed by atoms with Crippen LogP contribution in [-0.2, 0) is 0 Å². The topological polar surface area (TPSA) is 12.0 Å². The highest BCUT2D eigenvalue weighted by atomic mass is 32.2.